The summed E-state index contributed by atoms with van der Waals surface area (Å²) in [6, 6.07) is 16.2. The smallest absolute Gasteiger partial charge is 0.138 e. The molecule has 5 nitrogen and oxygen atoms in total. The number of halogens is 1. The second kappa shape index (κ2) is 9.02. The molecule has 1 heterocycles. The van der Waals surface area contributed by atoms with E-state index in [9.17, 15) is 4.39 Å². The Bertz CT molecular complexity index is 840. The molecule has 0 bridgehead atoms. The average molecular weight is 350 g/mol. The van der Waals surface area contributed by atoms with Gasteiger partial charge in [0.15, 0.2) is 0 Å². The van der Waals surface area contributed by atoms with Crippen LogP contribution in [0.1, 0.15) is 11.1 Å². The molecule has 3 rings (SSSR count). The highest BCUT2D eigenvalue weighted by Crippen LogP contribution is 2.19. The van der Waals surface area contributed by atoms with Gasteiger partial charge in [0.05, 0.1) is 17.7 Å². The van der Waals surface area contributed by atoms with E-state index in [1.807, 2.05) is 18.2 Å². The molecule has 0 N–H and O–H groups in total. The first-order valence-electron chi connectivity index (χ1n) is 8.42. The van der Waals surface area contributed by atoms with Gasteiger partial charge in [0.1, 0.15) is 12.4 Å². The van der Waals surface area contributed by atoms with Crippen LogP contribution in [0.2, 0.25) is 0 Å². The Morgan fingerprint density at radius 1 is 1.15 bits per heavy atom. The number of hydrogen-bond donors (Lipinski definition) is 0. The van der Waals surface area contributed by atoms with Crippen molar-refractivity contribution in [3.63, 3.8) is 0 Å². The summed E-state index contributed by atoms with van der Waals surface area (Å²) in [5, 5.41) is 3.85. The number of hydrogen-bond acceptors (Lipinski definition) is 3. The molecule has 2 atom stereocenters. The van der Waals surface area contributed by atoms with Crippen molar-refractivity contribution in [3.05, 3.63) is 82.0 Å². The molecular weight excluding hydrogens is 331 g/mol. The monoisotopic (exact) mass is 350 g/mol. The van der Waals surface area contributed by atoms with Crippen molar-refractivity contribution in [2.24, 2.45) is 5.11 Å². The van der Waals surface area contributed by atoms with Gasteiger partial charge in [-0.2, -0.15) is 0 Å². The summed E-state index contributed by atoms with van der Waals surface area (Å²) in [7, 11) is 0. The molecule has 132 valence electrons. The number of ether oxygens (including phenoxy) is 1. The molecule has 0 aromatic heterocycles. The van der Waals surface area contributed by atoms with Crippen LogP contribution in [0.25, 0.3) is 10.4 Å². The van der Waals surface area contributed by atoms with E-state index in [1.165, 1.54) is 11.6 Å². The minimum absolute atomic E-state index is 0.162. The van der Waals surface area contributed by atoms with E-state index >= 15 is 0 Å². The van der Waals surface area contributed by atoms with Crippen molar-refractivity contribution >= 4 is 0 Å². The molecule has 1 fully saturated rings. The largest absolute Gasteiger partial charge is 0.364 e. The number of nitrogens with zero attached hydrogens (tertiary/aromatic N) is 4. The third-order valence-electron chi connectivity index (χ3n) is 4.23. The third-order valence-corrected chi connectivity index (χ3v) is 4.23. The molecule has 0 amide bonds. The van der Waals surface area contributed by atoms with E-state index in [1.54, 1.807) is 18.2 Å². The van der Waals surface area contributed by atoms with Crippen LogP contribution >= 0.6 is 0 Å². The van der Waals surface area contributed by atoms with Crippen LogP contribution in [0.15, 0.2) is 59.7 Å². The van der Waals surface area contributed by atoms with Gasteiger partial charge in [-0.3, -0.25) is 4.90 Å². The maximum absolute atomic E-state index is 13.5. The van der Waals surface area contributed by atoms with Crippen molar-refractivity contribution in [3.8, 4) is 11.8 Å². The molecule has 1 aliphatic rings. The van der Waals surface area contributed by atoms with Gasteiger partial charge >= 0.3 is 0 Å². The Morgan fingerprint density at radius 2 is 1.92 bits per heavy atom. The van der Waals surface area contributed by atoms with Crippen LogP contribution in [0, 0.1) is 17.7 Å². The van der Waals surface area contributed by atoms with Crippen LogP contribution < -0.4 is 0 Å². The SMILES string of the molecule is [N-]=[N+]=NC1CN(Cc2ccccc2)CC1OCC#Cc1ccccc1F. The predicted octanol–water partition coefficient (Wildman–Crippen LogP) is 3.76. The summed E-state index contributed by atoms with van der Waals surface area (Å²) < 4.78 is 19.3. The molecule has 2 aromatic rings. The van der Waals surface area contributed by atoms with E-state index in [0.717, 1.165) is 6.54 Å². The first kappa shape index (κ1) is 18.0. The fraction of sp³-hybridized carbons (Fsp3) is 0.300. The molecule has 2 aromatic carbocycles. The molecule has 6 heteroatoms. The third kappa shape index (κ3) is 4.84. The van der Waals surface area contributed by atoms with E-state index in [0.29, 0.717) is 18.7 Å². The van der Waals surface area contributed by atoms with Gasteiger partial charge in [-0.05, 0) is 23.2 Å². The number of azide groups is 1. The maximum Gasteiger partial charge on any atom is 0.138 e. The Kier molecular flexibility index (Phi) is 6.24. The standard InChI is InChI=1S/C20H19FN4O/c21-18-11-5-4-9-17(18)10-6-12-26-20-15-25(14-19(20)23-24-22)13-16-7-2-1-3-8-16/h1-5,7-9,11,19-20H,12-15H2. The lowest BCUT2D eigenvalue weighted by Gasteiger charge is -2.15. The van der Waals surface area contributed by atoms with Gasteiger partial charge in [-0.15, -0.1) is 0 Å². The summed E-state index contributed by atoms with van der Waals surface area (Å²) in [5.74, 6) is 5.25. The molecule has 0 saturated carbocycles. The maximum atomic E-state index is 13.5. The fourth-order valence-electron chi connectivity index (χ4n) is 2.99. The molecular formula is C20H19FN4O. The van der Waals surface area contributed by atoms with Gasteiger partial charge in [0, 0.05) is 24.5 Å². The van der Waals surface area contributed by atoms with Crippen LogP contribution in [-0.2, 0) is 11.3 Å². The molecule has 0 spiro atoms. The first-order valence-corrected chi connectivity index (χ1v) is 8.42. The van der Waals surface area contributed by atoms with Crippen LogP contribution in [-0.4, -0.2) is 36.7 Å². The summed E-state index contributed by atoms with van der Waals surface area (Å²) in [6.45, 7) is 2.25. The highest BCUT2D eigenvalue weighted by molar-refractivity contribution is 5.35. The first-order chi connectivity index (χ1) is 12.8. The molecule has 2 unspecified atom stereocenters. The lowest BCUT2D eigenvalue weighted by atomic mass is 10.2. The Balaban J connectivity index is 1.57. The summed E-state index contributed by atoms with van der Waals surface area (Å²) in [6.07, 6.45) is -0.218. The van der Waals surface area contributed by atoms with Crippen LogP contribution in [0.4, 0.5) is 4.39 Å². The van der Waals surface area contributed by atoms with E-state index in [-0.39, 0.29) is 24.6 Å². The van der Waals surface area contributed by atoms with E-state index < -0.39 is 0 Å². The van der Waals surface area contributed by atoms with Crippen molar-refractivity contribution in [2.45, 2.75) is 18.7 Å². The Hall–Kier alpha value is -2.84. The normalized spacial score (nSPS) is 19.4. The second-order valence-electron chi connectivity index (χ2n) is 6.08. The number of likely N-dealkylation sites (tertiary alicyclic amines) is 1. The Labute approximate surface area is 152 Å². The quantitative estimate of drug-likeness (QED) is 0.357. The van der Waals surface area contributed by atoms with Crippen molar-refractivity contribution < 1.29 is 9.13 Å². The Morgan fingerprint density at radius 3 is 2.69 bits per heavy atom. The predicted molar refractivity (Wildman–Crippen MR) is 97.7 cm³/mol. The zero-order valence-corrected chi connectivity index (χ0v) is 14.3. The lowest BCUT2D eigenvalue weighted by molar-refractivity contribution is 0.0742. The minimum Gasteiger partial charge on any atom is -0.364 e. The van der Waals surface area contributed by atoms with Crippen molar-refractivity contribution in [1.82, 2.24) is 4.90 Å². The average Bonchev–Trinajstić information content (AvgIpc) is 3.02. The number of benzene rings is 2. The minimum atomic E-state index is -0.346. The molecule has 1 aliphatic heterocycles. The molecule has 1 saturated heterocycles. The van der Waals surface area contributed by atoms with Gasteiger partial charge < -0.3 is 4.74 Å². The summed E-state index contributed by atoms with van der Waals surface area (Å²) in [5.41, 5.74) is 10.3. The second-order valence-corrected chi connectivity index (χ2v) is 6.08. The lowest BCUT2D eigenvalue weighted by Crippen LogP contribution is -2.25. The zero-order chi connectivity index (χ0) is 18.2. The highest BCUT2D eigenvalue weighted by Gasteiger charge is 2.32. The molecule has 0 radical (unpaired) electrons. The van der Waals surface area contributed by atoms with Crippen molar-refractivity contribution in [2.75, 3.05) is 19.7 Å². The van der Waals surface area contributed by atoms with E-state index in [4.69, 9.17) is 10.3 Å². The van der Waals surface area contributed by atoms with Gasteiger partial charge in [-0.25, -0.2) is 4.39 Å². The van der Waals surface area contributed by atoms with Crippen LogP contribution in [0.5, 0.6) is 0 Å². The summed E-state index contributed by atoms with van der Waals surface area (Å²) >= 11 is 0. The highest BCUT2D eigenvalue weighted by atomic mass is 19.1. The topological polar surface area (TPSA) is 61.2 Å². The van der Waals surface area contributed by atoms with Gasteiger partial charge in [-0.1, -0.05) is 59.4 Å². The summed E-state index contributed by atoms with van der Waals surface area (Å²) in [4.78, 5) is 5.13. The van der Waals surface area contributed by atoms with E-state index in [2.05, 4.69) is 38.9 Å². The van der Waals surface area contributed by atoms with Crippen molar-refractivity contribution in [1.29, 1.82) is 0 Å². The van der Waals surface area contributed by atoms with Gasteiger partial charge in [0.2, 0.25) is 0 Å². The molecule has 26 heavy (non-hydrogen) atoms. The van der Waals surface area contributed by atoms with Gasteiger partial charge in [0.25, 0.3) is 0 Å². The molecule has 0 aliphatic carbocycles. The fourth-order valence-corrected chi connectivity index (χ4v) is 2.99. The number of rotatable bonds is 5. The zero-order valence-electron chi connectivity index (χ0n) is 14.3. The van der Waals surface area contributed by atoms with Crippen LogP contribution in [0.3, 0.4) is 0 Å².